The van der Waals surface area contributed by atoms with Crippen molar-refractivity contribution in [3.63, 3.8) is 0 Å². The van der Waals surface area contributed by atoms with Crippen LogP contribution in [0.3, 0.4) is 0 Å². The van der Waals surface area contributed by atoms with E-state index in [1.54, 1.807) is 0 Å². The summed E-state index contributed by atoms with van der Waals surface area (Å²) < 4.78 is 5.50. The Hall–Kier alpha value is -0.120. The van der Waals surface area contributed by atoms with E-state index in [-0.39, 0.29) is 0 Å². The second-order valence-electron chi connectivity index (χ2n) is 5.95. The van der Waals surface area contributed by atoms with Crippen LogP contribution in [0.4, 0.5) is 0 Å². The number of hydrogen-bond donors (Lipinski definition) is 1. The van der Waals surface area contributed by atoms with Crippen LogP contribution in [0.5, 0.6) is 0 Å². The van der Waals surface area contributed by atoms with Crippen molar-refractivity contribution >= 4 is 0 Å². The number of nitrogens with two attached hydrogens (primary N) is 1. The van der Waals surface area contributed by atoms with Crippen molar-refractivity contribution in [3.8, 4) is 0 Å². The molecule has 0 aromatic carbocycles. The largest absolute Gasteiger partial charge is 0.380 e. The van der Waals surface area contributed by atoms with Gasteiger partial charge in [0.05, 0.1) is 13.2 Å². The Kier molecular flexibility index (Phi) is 3.88. The smallest absolute Gasteiger partial charge is 0.0547 e. The third-order valence-electron chi connectivity index (χ3n) is 4.46. The van der Waals surface area contributed by atoms with E-state index in [0.717, 1.165) is 25.6 Å². The number of nitrogens with zero attached hydrogens (tertiary/aromatic N) is 1. The highest BCUT2D eigenvalue weighted by molar-refractivity contribution is 4.94. The second-order valence-corrected chi connectivity index (χ2v) is 5.95. The number of ether oxygens (including phenoxy) is 1. The summed E-state index contributed by atoms with van der Waals surface area (Å²) in [6.45, 7) is 6.58. The van der Waals surface area contributed by atoms with Gasteiger partial charge in [0.1, 0.15) is 0 Å². The molecule has 0 amide bonds. The topological polar surface area (TPSA) is 38.5 Å². The molecule has 16 heavy (non-hydrogen) atoms. The summed E-state index contributed by atoms with van der Waals surface area (Å²) in [4.78, 5) is 2.44. The summed E-state index contributed by atoms with van der Waals surface area (Å²) in [6.07, 6.45) is 5.10. The van der Waals surface area contributed by atoms with E-state index in [2.05, 4.69) is 18.9 Å². The van der Waals surface area contributed by atoms with Gasteiger partial charge in [0, 0.05) is 11.5 Å². The summed E-state index contributed by atoms with van der Waals surface area (Å²) in [5.74, 6) is 0.871. The minimum Gasteiger partial charge on any atom is -0.380 e. The van der Waals surface area contributed by atoms with Crippen LogP contribution in [-0.2, 0) is 4.74 Å². The average Bonchev–Trinajstić information content (AvgIpc) is 2.18. The second kappa shape index (κ2) is 5.03. The zero-order valence-corrected chi connectivity index (χ0v) is 10.7. The van der Waals surface area contributed by atoms with Crippen LogP contribution >= 0.6 is 0 Å². The Balaban J connectivity index is 1.88. The van der Waals surface area contributed by atoms with Crippen molar-refractivity contribution in [2.45, 2.75) is 38.6 Å². The van der Waals surface area contributed by atoms with E-state index in [1.807, 2.05) is 0 Å². The van der Waals surface area contributed by atoms with E-state index >= 15 is 0 Å². The van der Waals surface area contributed by atoms with Gasteiger partial charge in [0.15, 0.2) is 0 Å². The fraction of sp³-hybridized carbons (Fsp3) is 1.00. The molecule has 2 aliphatic heterocycles. The molecule has 1 unspecified atom stereocenters. The van der Waals surface area contributed by atoms with Crippen molar-refractivity contribution in [2.24, 2.45) is 17.1 Å². The molecule has 0 aromatic heterocycles. The Morgan fingerprint density at radius 1 is 1.38 bits per heavy atom. The lowest BCUT2D eigenvalue weighted by molar-refractivity contribution is -0.160. The minimum atomic E-state index is 0.337. The number of likely N-dealkylation sites (tertiary alicyclic amines) is 1. The van der Waals surface area contributed by atoms with Gasteiger partial charge >= 0.3 is 0 Å². The number of rotatable bonds is 4. The van der Waals surface area contributed by atoms with Crippen LogP contribution in [0.15, 0.2) is 0 Å². The molecule has 94 valence electrons. The van der Waals surface area contributed by atoms with Gasteiger partial charge < -0.3 is 15.4 Å². The van der Waals surface area contributed by atoms with Crippen molar-refractivity contribution in [1.82, 2.24) is 4.90 Å². The first-order chi connectivity index (χ1) is 7.62. The fourth-order valence-corrected chi connectivity index (χ4v) is 3.08. The SMILES string of the molecule is CC(N)CCC1(C2CCN(C)CC2)COC1. The highest BCUT2D eigenvalue weighted by Gasteiger charge is 2.45. The van der Waals surface area contributed by atoms with Crippen LogP contribution < -0.4 is 5.73 Å². The minimum absolute atomic E-state index is 0.337. The highest BCUT2D eigenvalue weighted by atomic mass is 16.5. The summed E-state index contributed by atoms with van der Waals surface area (Å²) in [5.41, 5.74) is 6.36. The zero-order chi connectivity index (χ0) is 11.6. The van der Waals surface area contributed by atoms with Crippen LogP contribution in [-0.4, -0.2) is 44.3 Å². The van der Waals surface area contributed by atoms with E-state index < -0.39 is 0 Å². The Labute approximate surface area is 99.3 Å². The lowest BCUT2D eigenvalue weighted by Gasteiger charge is -2.50. The maximum absolute atomic E-state index is 5.88. The average molecular weight is 226 g/mol. The van der Waals surface area contributed by atoms with Crippen LogP contribution in [0.1, 0.15) is 32.6 Å². The van der Waals surface area contributed by atoms with Gasteiger partial charge in [-0.05, 0) is 58.7 Å². The van der Waals surface area contributed by atoms with E-state index in [0.29, 0.717) is 11.5 Å². The molecule has 0 aromatic rings. The highest BCUT2D eigenvalue weighted by Crippen LogP contribution is 2.45. The third kappa shape index (κ3) is 2.58. The normalized spacial score (nSPS) is 28.7. The fourth-order valence-electron chi connectivity index (χ4n) is 3.08. The van der Waals surface area contributed by atoms with E-state index in [9.17, 15) is 0 Å². The summed E-state index contributed by atoms with van der Waals surface area (Å²) >= 11 is 0. The predicted molar refractivity (Wildman–Crippen MR) is 66.4 cm³/mol. The summed E-state index contributed by atoms with van der Waals surface area (Å²) in [7, 11) is 2.22. The quantitative estimate of drug-likeness (QED) is 0.789. The molecule has 0 radical (unpaired) electrons. The molecule has 1 atom stereocenters. The standard InChI is InChI=1S/C13H26N2O/c1-11(14)3-6-13(9-16-10-13)12-4-7-15(2)8-5-12/h11-12H,3-10,14H2,1-2H3. The van der Waals surface area contributed by atoms with Gasteiger partial charge in [-0.25, -0.2) is 0 Å². The molecule has 0 spiro atoms. The maximum Gasteiger partial charge on any atom is 0.0547 e. The number of piperidine rings is 1. The molecule has 0 aliphatic carbocycles. The van der Waals surface area contributed by atoms with Gasteiger partial charge in [-0.2, -0.15) is 0 Å². The molecular weight excluding hydrogens is 200 g/mol. The molecule has 2 N–H and O–H groups in total. The van der Waals surface area contributed by atoms with Crippen molar-refractivity contribution < 1.29 is 4.74 Å². The van der Waals surface area contributed by atoms with E-state index in [1.165, 1.54) is 32.4 Å². The van der Waals surface area contributed by atoms with Crippen LogP contribution in [0.25, 0.3) is 0 Å². The summed E-state index contributed by atoms with van der Waals surface area (Å²) in [5, 5.41) is 0. The van der Waals surface area contributed by atoms with Crippen molar-refractivity contribution in [1.29, 1.82) is 0 Å². The third-order valence-corrected chi connectivity index (χ3v) is 4.46. The molecular formula is C13H26N2O. The Morgan fingerprint density at radius 2 is 2.00 bits per heavy atom. The Bertz CT molecular complexity index is 218. The zero-order valence-electron chi connectivity index (χ0n) is 10.7. The molecule has 0 saturated carbocycles. The van der Waals surface area contributed by atoms with Gasteiger partial charge in [-0.1, -0.05) is 0 Å². The molecule has 0 bridgehead atoms. The maximum atomic E-state index is 5.88. The lowest BCUT2D eigenvalue weighted by atomic mass is 9.66. The first kappa shape index (κ1) is 12.3. The molecule has 2 aliphatic rings. The number of hydrogen-bond acceptors (Lipinski definition) is 3. The van der Waals surface area contributed by atoms with Gasteiger partial charge in [-0.15, -0.1) is 0 Å². The van der Waals surface area contributed by atoms with Crippen molar-refractivity contribution in [2.75, 3.05) is 33.4 Å². The molecule has 3 nitrogen and oxygen atoms in total. The van der Waals surface area contributed by atoms with Gasteiger partial charge in [0.25, 0.3) is 0 Å². The van der Waals surface area contributed by atoms with Gasteiger partial charge in [0.2, 0.25) is 0 Å². The molecule has 2 saturated heterocycles. The summed E-state index contributed by atoms with van der Waals surface area (Å²) in [6, 6.07) is 0.337. The monoisotopic (exact) mass is 226 g/mol. The van der Waals surface area contributed by atoms with Crippen LogP contribution in [0, 0.1) is 11.3 Å². The predicted octanol–water partition coefficient (Wildman–Crippen LogP) is 1.47. The molecule has 3 heteroatoms. The van der Waals surface area contributed by atoms with Gasteiger partial charge in [-0.3, -0.25) is 0 Å². The molecule has 2 heterocycles. The van der Waals surface area contributed by atoms with E-state index in [4.69, 9.17) is 10.5 Å². The van der Waals surface area contributed by atoms with Crippen LogP contribution in [0.2, 0.25) is 0 Å². The Morgan fingerprint density at radius 3 is 2.44 bits per heavy atom. The van der Waals surface area contributed by atoms with Crippen molar-refractivity contribution in [3.05, 3.63) is 0 Å². The first-order valence-corrected chi connectivity index (χ1v) is 6.64. The first-order valence-electron chi connectivity index (χ1n) is 6.64. The lowest BCUT2D eigenvalue weighted by Crippen LogP contribution is -2.51. The molecule has 2 fully saturated rings. The molecule has 2 rings (SSSR count).